The van der Waals surface area contributed by atoms with Crippen LogP contribution in [0.25, 0.3) is 0 Å². The molecular formula is C37H42ClN3O4S. The fourth-order valence-corrected chi connectivity index (χ4v) is 6.72. The van der Waals surface area contributed by atoms with E-state index in [0.717, 1.165) is 27.8 Å². The van der Waals surface area contributed by atoms with E-state index in [0.29, 0.717) is 17.3 Å². The number of anilines is 1. The molecule has 2 amide bonds. The molecule has 4 aromatic carbocycles. The predicted octanol–water partition coefficient (Wildman–Crippen LogP) is 6.87. The standard InChI is InChI=1S/C37H42ClN3O4S/c1-26(2)23-39-37(43)35(22-30-11-7-6-8-12-30)40(24-31-16-18-32(38)19-17-31)36(42)25-41(34-13-9-10-28(4)29(34)5)46(44,45)33-20-14-27(3)15-21-33/h6-21,26,35H,22-25H2,1-5H3,(H,39,43)/t35-/m0/s1. The number of halogens is 1. The van der Waals surface area contributed by atoms with Gasteiger partial charge in [0.2, 0.25) is 11.8 Å². The molecule has 0 radical (unpaired) electrons. The maximum atomic E-state index is 14.6. The number of hydrogen-bond acceptors (Lipinski definition) is 4. The van der Waals surface area contributed by atoms with Crippen molar-refractivity contribution in [2.24, 2.45) is 5.92 Å². The number of nitrogens with one attached hydrogen (secondary N) is 1. The molecule has 0 spiro atoms. The molecule has 4 aromatic rings. The molecule has 46 heavy (non-hydrogen) atoms. The SMILES string of the molecule is Cc1ccc(S(=O)(=O)N(CC(=O)N(Cc2ccc(Cl)cc2)[C@@H](Cc2ccccc2)C(=O)NCC(C)C)c2cccc(C)c2C)cc1. The van der Waals surface area contributed by atoms with Crippen molar-refractivity contribution < 1.29 is 18.0 Å². The summed E-state index contributed by atoms with van der Waals surface area (Å²) in [5.41, 5.74) is 4.59. The van der Waals surface area contributed by atoms with Crippen LogP contribution in [0.15, 0.2) is 102 Å². The lowest BCUT2D eigenvalue weighted by molar-refractivity contribution is -0.140. The van der Waals surface area contributed by atoms with Gasteiger partial charge in [0.15, 0.2) is 0 Å². The van der Waals surface area contributed by atoms with Gasteiger partial charge in [-0.25, -0.2) is 8.42 Å². The summed E-state index contributed by atoms with van der Waals surface area (Å²) < 4.78 is 29.8. The Kier molecular flexibility index (Phi) is 11.7. The first-order chi connectivity index (χ1) is 21.9. The van der Waals surface area contributed by atoms with Gasteiger partial charge in [0.1, 0.15) is 12.6 Å². The minimum atomic E-state index is -4.18. The third-order valence-electron chi connectivity index (χ3n) is 7.95. The highest BCUT2D eigenvalue weighted by Crippen LogP contribution is 2.29. The number of hydrogen-bond donors (Lipinski definition) is 1. The van der Waals surface area contributed by atoms with Crippen LogP contribution in [-0.2, 0) is 32.6 Å². The van der Waals surface area contributed by atoms with Gasteiger partial charge in [0.05, 0.1) is 10.6 Å². The zero-order valence-electron chi connectivity index (χ0n) is 27.0. The third kappa shape index (κ3) is 8.77. The van der Waals surface area contributed by atoms with Crippen molar-refractivity contribution in [3.05, 3.63) is 130 Å². The molecule has 0 aliphatic rings. The molecule has 7 nitrogen and oxygen atoms in total. The summed E-state index contributed by atoms with van der Waals surface area (Å²) >= 11 is 6.17. The van der Waals surface area contributed by atoms with Gasteiger partial charge in [-0.3, -0.25) is 13.9 Å². The van der Waals surface area contributed by atoms with Crippen molar-refractivity contribution in [3.63, 3.8) is 0 Å². The predicted molar refractivity (Wildman–Crippen MR) is 185 cm³/mol. The van der Waals surface area contributed by atoms with E-state index in [1.807, 2.05) is 71.0 Å². The van der Waals surface area contributed by atoms with E-state index in [4.69, 9.17) is 11.6 Å². The van der Waals surface area contributed by atoms with Crippen LogP contribution in [0.5, 0.6) is 0 Å². The van der Waals surface area contributed by atoms with Crippen LogP contribution >= 0.6 is 11.6 Å². The topological polar surface area (TPSA) is 86.8 Å². The summed E-state index contributed by atoms with van der Waals surface area (Å²) in [5, 5.41) is 3.55. The minimum Gasteiger partial charge on any atom is -0.354 e. The summed E-state index contributed by atoms with van der Waals surface area (Å²) in [6, 6.07) is 27.6. The van der Waals surface area contributed by atoms with Crippen molar-refractivity contribution >= 4 is 39.1 Å². The van der Waals surface area contributed by atoms with E-state index in [1.165, 1.54) is 9.21 Å². The van der Waals surface area contributed by atoms with Gasteiger partial charge in [-0.15, -0.1) is 0 Å². The molecule has 0 fully saturated rings. The van der Waals surface area contributed by atoms with Crippen LogP contribution < -0.4 is 9.62 Å². The van der Waals surface area contributed by atoms with Crippen LogP contribution in [0.4, 0.5) is 5.69 Å². The van der Waals surface area contributed by atoms with Gasteiger partial charge in [-0.2, -0.15) is 0 Å². The molecule has 4 rings (SSSR count). The molecule has 0 heterocycles. The monoisotopic (exact) mass is 659 g/mol. The van der Waals surface area contributed by atoms with Crippen molar-refractivity contribution in [1.29, 1.82) is 0 Å². The molecular weight excluding hydrogens is 618 g/mol. The largest absolute Gasteiger partial charge is 0.354 e. The second-order valence-corrected chi connectivity index (χ2v) is 14.3. The van der Waals surface area contributed by atoms with Crippen LogP contribution in [0.3, 0.4) is 0 Å². The molecule has 1 N–H and O–H groups in total. The smallest absolute Gasteiger partial charge is 0.264 e. The van der Waals surface area contributed by atoms with E-state index in [1.54, 1.807) is 60.7 Å². The number of sulfonamides is 1. The number of nitrogens with zero attached hydrogens (tertiary/aromatic N) is 2. The lowest BCUT2D eigenvalue weighted by Gasteiger charge is -2.34. The lowest BCUT2D eigenvalue weighted by Crippen LogP contribution is -2.53. The number of carbonyl (C=O) groups excluding carboxylic acids is 2. The van der Waals surface area contributed by atoms with Crippen LogP contribution in [-0.4, -0.2) is 44.3 Å². The summed E-state index contributed by atoms with van der Waals surface area (Å²) in [5.74, 6) is -0.618. The second kappa shape index (κ2) is 15.4. The van der Waals surface area contributed by atoms with Crippen LogP contribution in [0.1, 0.15) is 41.7 Å². The molecule has 0 bridgehead atoms. The zero-order valence-corrected chi connectivity index (χ0v) is 28.6. The third-order valence-corrected chi connectivity index (χ3v) is 9.98. The van der Waals surface area contributed by atoms with Crippen molar-refractivity contribution in [3.8, 4) is 0 Å². The van der Waals surface area contributed by atoms with Gasteiger partial charge in [-0.1, -0.05) is 97.7 Å². The highest BCUT2D eigenvalue weighted by Gasteiger charge is 2.35. The molecule has 242 valence electrons. The summed E-state index contributed by atoms with van der Waals surface area (Å²) in [4.78, 5) is 30.1. The van der Waals surface area contributed by atoms with Gasteiger partial charge >= 0.3 is 0 Å². The fourth-order valence-electron chi connectivity index (χ4n) is 5.12. The first-order valence-corrected chi connectivity index (χ1v) is 17.2. The maximum Gasteiger partial charge on any atom is 0.264 e. The molecule has 0 unspecified atom stereocenters. The Balaban J connectivity index is 1.82. The summed E-state index contributed by atoms with van der Waals surface area (Å²) in [7, 11) is -4.18. The van der Waals surface area contributed by atoms with Gasteiger partial charge < -0.3 is 10.2 Å². The summed E-state index contributed by atoms with van der Waals surface area (Å²) in [6.45, 7) is 9.64. The number of aryl methyl sites for hydroxylation is 2. The fraction of sp³-hybridized carbons (Fsp3) is 0.297. The molecule has 0 saturated carbocycles. The first kappa shape index (κ1) is 34.7. The van der Waals surface area contributed by atoms with E-state index in [9.17, 15) is 18.0 Å². The van der Waals surface area contributed by atoms with Crippen molar-refractivity contribution in [1.82, 2.24) is 10.2 Å². The second-order valence-electron chi connectivity index (χ2n) is 12.0. The van der Waals surface area contributed by atoms with Crippen molar-refractivity contribution in [2.75, 3.05) is 17.4 Å². The highest BCUT2D eigenvalue weighted by atomic mass is 35.5. The number of benzene rings is 4. The Bertz CT molecular complexity index is 1740. The Morgan fingerprint density at radius 3 is 2.09 bits per heavy atom. The molecule has 9 heteroatoms. The lowest BCUT2D eigenvalue weighted by atomic mass is 10.0. The van der Waals surface area contributed by atoms with E-state index >= 15 is 0 Å². The van der Waals surface area contributed by atoms with Gasteiger partial charge in [0, 0.05) is 24.5 Å². The number of amides is 2. The average molecular weight is 660 g/mol. The average Bonchev–Trinajstić information content (AvgIpc) is 3.03. The van der Waals surface area contributed by atoms with Crippen LogP contribution in [0.2, 0.25) is 5.02 Å². The maximum absolute atomic E-state index is 14.6. The first-order valence-electron chi connectivity index (χ1n) is 15.4. The molecule has 1 atom stereocenters. The molecule has 0 aromatic heterocycles. The quantitative estimate of drug-likeness (QED) is 0.170. The Morgan fingerprint density at radius 2 is 1.46 bits per heavy atom. The summed E-state index contributed by atoms with van der Waals surface area (Å²) in [6.07, 6.45) is 0.248. The number of rotatable bonds is 13. The molecule has 0 aliphatic carbocycles. The van der Waals surface area contributed by atoms with Crippen molar-refractivity contribution in [2.45, 2.75) is 58.5 Å². The minimum absolute atomic E-state index is 0.0755. The number of carbonyl (C=O) groups is 2. The Morgan fingerprint density at radius 1 is 0.804 bits per heavy atom. The normalized spacial score (nSPS) is 12.1. The zero-order chi connectivity index (χ0) is 33.4. The van der Waals surface area contributed by atoms with E-state index < -0.39 is 28.5 Å². The Hall–Kier alpha value is -4.14. The molecule has 0 aliphatic heterocycles. The van der Waals surface area contributed by atoms with E-state index in [-0.39, 0.29) is 29.7 Å². The van der Waals surface area contributed by atoms with Crippen LogP contribution in [0, 0.1) is 26.7 Å². The molecule has 0 saturated heterocycles. The highest BCUT2D eigenvalue weighted by molar-refractivity contribution is 7.92. The Labute approximate surface area is 278 Å². The van der Waals surface area contributed by atoms with E-state index in [2.05, 4.69) is 5.32 Å². The van der Waals surface area contributed by atoms with Gasteiger partial charge in [0.25, 0.3) is 10.0 Å². The van der Waals surface area contributed by atoms with Gasteiger partial charge in [-0.05, 0) is 79.3 Å².